The van der Waals surface area contributed by atoms with Gasteiger partial charge in [0.2, 0.25) is 0 Å². The molecule has 0 aliphatic heterocycles. The van der Waals surface area contributed by atoms with E-state index in [4.69, 9.17) is 11.6 Å². The molecule has 0 saturated heterocycles. The first kappa shape index (κ1) is 12.6. The third-order valence-corrected chi connectivity index (χ3v) is 3.17. The van der Waals surface area contributed by atoms with E-state index in [9.17, 15) is 4.79 Å². The van der Waals surface area contributed by atoms with Crippen LogP contribution in [-0.2, 0) is 6.54 Å². The fourth-order valence-electron chi connectivity index (χ4n) is 1.89. The summed E-state index contributed by atoms with van der Waals surface area (Å²) in [6.45, 7) is 0.438. The summed E-state index contributed by atoms with van der Waals surface area (Å²) in [7, 11) is 0. The predicted molar refractivity (Wildman–Crippen MR) is 75.6 cm³/mol. The Kier molecular flexibility index (Phi) is 3.35. The van der Waals surface area contributed by atoms with Gasteiger partial charge in [-0.25, -0.2) is 0 Å². The molecule has 20 heavy (non-hydrogen) atoms. The van der Waals surface area contributed by atoms with E-state index in [-0.39, 0.29) is 5.91 Å². The minimum Gasteiger partial charge on any atom is -0.348 e. The first-order chi connectivity index (χ1) is 9.74. The summed E-state index contributed by atoms with van der Waals surface area (Å²) in [6.07, 6.45) is 3.13. The fraction of sp³-hybridized carbons (Fsp3) is 0.0714. The van der Waals surface area contributed by atoms with Crippen LogP contribution in [-0.4, -0.2) is 20.7 Å². The van der Waals surface area contributed by atoms with Gasteiger partial charge >= 0.3 is 0 Å². The summed E-state index contributed by atoms with van der Waals surface area (Å²) in [5.74, 6) is -0.178. The maximum atomic E-state index is 12.1. The predicted octanol–water partition coefficient (Wildman–Crippen LogP) is 2.31. The van der Waals surface area contributed by atoms with Gasteiger partial charge in [-0.05, 0) is 29.8 Å². The number of benzene rings is 1. The standard InChI is InChI=1S/C14H11ClN4O/c15-11-5-3-10(4-6-11)8-16-14(20)12-9-18-19-13(12)2-1-7-17-19/h1-7,9H,8H2,(H,16,20). The van der Waals surface area contributed by atoms with Crippen molar-refractivity contribution in [3.05, 3.63) is 64.9 Å². The van der Waals surface area contributed by atoms with E-state index in [1.165, 1.54) is 10.8 Å². The van der Waals surface area contributed by atoms with Crippen molar-refractivity contribution in [3.8, 4) is 0 Å². The summed E-state index contributed by atoms with van der Waals surface area (Å²) < 4.78 is 1.43. The number of hydrogen-bond acceptors (Lipinski definition) is 3. The average molecular weight is 287 g/mol. The van der Waals surface area contributed by atoms with E-state index in [0.717, 1.165) is 5.56 Å². The second-order valence-electron chi connectivity index (χ2n) is 4.27. The molecule has 0 saturated carbocycles. The number of carbonyl (C=O) groups is 1. The van der Waals surface area contributed by atoms with Crippen molar-refractivity contribution >= 4 is 23.0 Å². The molecular weight excluding hydrogens is 276 g/mol. The van der Waals surface area contributed by atoms with E-state index >= 15 is 0 Å². The van der Waals surface area contributed by atoms with Gasteiger partial charge in [0.05, 0.1) is 11.8 Å². The minimum atomic E-state index is -0.178. The molecule has 100 valence electrons. The van der Waals surface area contributed by atoms with Crippen LogP contribution in [0.3, 0.4) is 0 Å². The molecule has 1 aromatic carbocycles. The van der Waals surface area contributed by atoms with Crippen LogP contribution >= 0.6 is 11.6 Å². The van der Waals surface area contributed by atoms with Gasteiger partial charge in [0.15, 0.2) is 0 Å². The Hall–Kier alpha value is -2.40. The Morgan fingerprint density at radius 3 is 2.80 bits per heavy atom. The summed E-state index contributed by atoms with van der Waals surface area (Å²) in [6, 6.07) is 10.9. The van der Waals surface area contributed by atoms with Crippen LogP contribution in [0.2, 0.25) is 5.02 Å². The molecule has 0 unspecified atom stereocenters. The molecule has 0 aliphatic rings. The van der Waals surface area contributed by atoms with Gasteiger partial charge in [-0.15, -0.1) is 0 Å². The number of nitrogens with one attached hydrogen (secondary N) is 1. The highest BCUT2D eigenvalue weighted by atomic mass is 35.5. The highest BCUT2D eigenvalue weighted by Gasteiger charge is 2.12. The van der Waals surface area contributed by atoms with Crippen molar-refractivity contribution in [2.75, 3.05) is 0 Å². The highest BCUT2D eigenvalue weighted by molar-refractivity contribution is 6.30. The Balaban J connectivity index is 1.75. The Bertz CT molecular complexity index is 751. The lowest BCUT2D eigenvalue weighted by Crippen LogP contribution is -2.22. The second kappa shape index (κ2) is 5.30. The maximum absolute atomic E-state index is 12.1. The van der Waals surface area contributed by atoms with Crippen LogP contribution in [0.1, 0.15) is 15.9 Å². The molecule has 0 spiro atoms. The molecule has 5 nitrogen and oxygen atoms in total. The van der Waals surface area contributed by atoms with Gasteiger partial charge in [0.25, 0.3) is 5.91 Å². The van der Waals surface area contributed by atoms with Gasteiger partial charge in [-0.2, -0.15) is 14.8 Å². The van der Waals surface area contributed by atoms with Crippen LogP contribution < -0.4 is 5.32 Å². The SMILES string of the molecule is O=C(NCc1ccc(Cl)cc1)c1cnn2ncccc12. The molecule has 0 aliphatic carbocycles. The van der Waals surface area contributed by atoms with Crippen LogP contribution in [0.5, 0.6) is 0 Å². The molecule has 6 heteroatoms. The van der Waals surface area contributed by atoms with Crippen molar-refractivity contribution in [3.63, 3.8) is 0 Å². The topological polar surface area (TPSA) is 59.3 Å². The Labute approximate surface area is 120 Å². The van der Waals surface area contributed by atoms with Crippen molar-refractivity contribution < 1.29 is 4.79 Å². The summed E-state index contributed by atoms with van der Waals surface area (Å²) in [5.41, 5.74) is 2.17. The first-order valence-corrected chi connectivity index (χ1v) is 6.43. The van der Waals surface area contributed by atoms with E-state index < -0.39 is 0 Å². The van der Waals surface area contributed by atoms with Crippen LogP contribution in [0.4, 0.5) is 0 Å². The van der Waals surface area contributed by atoms with E-state index in [1.54, 1.807) is 30.5 Å². The molecule has 0 atom stereocenters. The van der Waals surface area contributed by atoms with Gasteiger partial charge in [0, 0.05) is 17.8 Å². The zero-order chi connectivity index (χ0) is 13.9. The molecule has 0 radical (unpaired) electrons. The number of rotatable bonds is 3. The van der Waals surface area contributed by atoms with E-state index in [1.807, 2.05) is 12.1 Å². The van der Waals surface area contributed by atoms with Crippen LogP contribution in [0, 0.1) is 0 Å². The summed E-state index contributed by atoms with van der Waals surface area (Å²) >= 11 is 5.82. The Morgan fingerprint density at radius 2 is 2.00 bits per heavy atom. The van der Waals surface area contributed by atoms with Crippen LogP contribution in [0.25, 0.3) is 5.52 Å². The molecule has 3 aromatic rings. The number of fused-ring (bicyclic) bond motifs is 1. The number of hydrogen-bond donors (Lipinski definition) is 1. The van der Waals surface area contributed by atoms with Gasteiger partial charge in [-0.1, -0.05) is 23.7 Å². The molecule has 2 heterocycles. The summed E-state index contributed by atoms with van der Waals surface area (Å²) in [5, 5.41) is 11.6. The Morgan fingerprint density at radius 1 is 1.20 bits per heavy atom. The number of nitrogens with zero attached hydrogens (tertiary/aromatic N) is 3. The lowest BCUT2D eigenvalue weighted by molar-refractivity contribution is 0.0952. The largest absolute Gasteiger partial charge is 0.348 e. The summed E-state index contributed by atoms with van der Waals surface area (Å²) in [4.78, 5) is 12.1. The quantitative estimate of drug-likeness (QED) is 0.804. The minimum absolute atomic E-state index is 0.178. The third-order valence-electron chi connectivity index (χ3n) is 2.91. The first-order valence-electron chi connectivity index (χ1n) is 6.06. The molecule has 2 aromatic heterocycles. The molecule has 0 bridgehead atoms. The smallest absolute Gasteiger partial charge is 0.255 e. The van der Waals surface area contributed by atoms with Gasteiger partial charge in [0.1, 0.15) is 5.52 Å². The average Bonchev–Trinajstić information content (AvgIpc) is 2.90. The van der Waals surface area contributed by atoms with Crippen molar-refractivity contribution in [1.82, 2.24) is 20.1 Å². The van der Waals surface area contributed by atoms with Crippen LogP contribution in [0.15, 0.2) is 48.8 Å². The highest BCUT2D eigenvalue weighted by Crippen LogP contribution is 2.11. The van der Waals surface area contributed by atoms with E-state index in [2.05, 4.69) is 15.5 Å². The molecule has 3 rings (SSSR count). The van der Waals surface area contributed by atoms with Gasteiger partial charge < -0.3 is 5.32 Å². The number of halogens is 1. The normalized spacial score (nSPS) is 10.7. The molecule has 1 amide bonds. The number of carbonyl (C=O) groups excluding carboxylic acids is 1. The molecular formula is C14H11ClN4O. The maximum Gasteiger partial charge on any atom is 0.255 e. The zero-order valence-electron chi connectivity index (χ0n) is 10.5. The third kappa shape index (κ3) is 2.48. The lowest BCUT2D eigenvalue weighted by Gasteiger charge is -2.04. The van der Waals surface area contributed by atoms with E-state index in [0.29, 0.717) is 22.6 Å². The van der Waals surface area contributed by atoms with Crippen molar-refractivity contribution in [2.24, 2.45) is 0 Å². The van der Waals surface area contributed by atoms with Crippen molar-refractivity contribution in [1.29, 1.82) is 0 Å². The fourth-order valence-corrected chi connectivity index (χ4v) is 2.01. The molecule has 0 fully saturated rings. The molecule has 1 N–H and O–H groups in total. The van der Waals surface area contributed by atoms with Gasteiger partial charge in [-0.3, -0.25) is 4.79 Å². The number of amides is 1. The number of aromatic nitrogens is 3. The van der Waals surface area contributed by atoms with Crippen molar-refractivity contribution in [2.45, 2.75) is 6.54 Å². The zero-order valence-corrected chi connectivity index (χ0v) is 11.2. The second-order valence-corrected chi connectivity index (χ2v) is 4.70. The monoisotopic (exact) mass is 286 g/mol. The lowest BCUT2D eigenvalue weighted by atomic mass is 10.2.